The van der Waals surface area contributed by atoms with E-state index >= 15 is 0 Å². The number of carbonyl (C=O) groups excluding carboxylic acids is 1. The van der Waals surface area contributed by atoms with Crippen molar-refractivity contribution in [2.75, 3.05) is 0 Å². The van der Waals surface area contributed by atoms with Crippen LogP contribution in [0.5, 0.6) is 0 Å². The highest BCUT2D eigenvalue weighted by Gasteiger charge is 2.36. The molecule has 1 unspecified atom stereocenters. The number of unbranched alkanes of at least 4 members (excludes halogenated alkanes) is 27. The van der Waals surface area contributed by atoms with E-state index in [0.717, 1.165) is 18.6 Å². The highest BCUT2D eigenvalue weighted by Crippen LogP contribution is 2.32. The molecule has 2 nitrogen and oxygen atoms in total. The molecule has 1 saturated heterocycles. The van der Waals surface area contributed by atoms with Crippen LogP contribution in [0.2, 0.25) is 0 Å². The topological polar surface area (TPSA) is 26.3 Å². The van der Waals surface area contributed by atoms with Gasteiger partial charge in [0.05, 0.1) is 0 Å². The first-order chi connectivity index (χ1) is 21.8. The van der Waals surface area contributed by atoms with Gasteiger partial charge in [0.15, 0.2) is 0 Å². The molecule has 2 heteroatoms. The number of esters is 1. The molecule has 0 saturated carbocycles. The Bertz CT molecular complexity index is 703. The lowest BCUT2D eigenvalue weighted by molar-refractivity contribution is -0.157. The van der Waals surface area contributed by atoms with Gasteiger partial charge in [-0.25, -0.2) is 0 Å². The minimum absolute atomic E-state index is 0.0174. The van der Waals surface area contributed by atoms with Crippen LogP contribution in [0.4, 0.5) is 0 Å². The Hall–Kier alpha value is -1.31. The Kier molecular flexibility index (Phi) is 30.6. The predicted octanol–water partition coefficient (Wildman–Crippen LogP) is 14.7. The van der Waals surface area contributed by atoms with Crippen LogP contribution in [0, 0.1) is 5.92 Å². The van der Waals surface area contributed by atoms with Crippen LogP contribution in [0.25, 0.3) is 0 Å². The van der Waals surface area contributed by atoms with Crippen molar-refractivity contribution in [2.24, 2.45) is 5.92 Å². The van der Waals surface area contributed by atoms with E-state index < -0.39 is 0 Å². The van der Waals surface area contributed by atoms with Crippen molar-refractivity contribution in [2.45, 2.75) is 219 Å². The normalized spacial score (nSPS) is 16.0. The molecule has 0 amide bonds. The van der Waals surface area contributed by atoms with E-state index in [0.29, 0.717) is 0 Å². The van der Waals surface area contributed by atoms with Gasteiger partial charge in [0, 0.05) is 0 Å². The molecule has 0 N–H and O–H groups in total. The number of hydrogen-bond donors (Lipinski definition) is 0. The molecule has 0 aromatic carbocycles. The smallest absolute Gasteiger partial charge is 0.321 e. The summed E-state index contributed by atoms with van der Waals surface area (Å²) in [6.45, 7) is 4.49. The summed E-state index contributed by atoms with van der Waals surface area (Å²) in [4.78, 5) is 12.0. The van der Waals surface area contributed by atoms with Gasteiger partial charge >= 0.3 is 5.97 Å². The fourth-order valence-electron chi connectivity index (χ4n) is 6.36. The van der Waals surface area contributed by atoms with Crippen molar-refractivity contribution < 1.29 is 9.53 Å². The van der Waals surface area contributed by atoms with E-state index in [1.54, 1.807) is 0 Å². The third-order valence-electron chi connectivity index (χ3n) is 9.37. The minimum Gasteiger partial charge on any atom is -0.430 e. The van der Waals surface area contributed by atoms with Crippen LogP contribution in [0.15, 0.2) is 36.1 Å². The molecule has 0 aliphatic carbocycles. The van der Waals surface area contributed by atoms with Gasteiger partial charge in [0.1, 0.15) is 11.7 Å². The van der Waals surface area contributed by atoms with Crippen molar-refractivity contribution in [1.82, 2.24) is 0 Å². The first kappa shape index (κ1) is 40.7. The highest BCUT2D eigenvalue weighted by atomic mass is 16.6. The molecule has 256 valence electrons. The van der Waals surface area contributed by atoms with Crippen LogP contribution in [-0.4, -0.2) is 5.97 Å². The molecule has 1 fully saturated rings. The van der Waals surface area contributed by atoms with E-state index in [4.69, 9.17) is 4.74 Å². The summed E-state index contributed by atoms with van der Waals surface area (Å²) in [7, 11) is 0. The second-order valence-electron chi connectivity index (χ2n) is 13.7. The van der Waals surface area contributed by atoms with Gasteiger partial charge < -0.3 is 4.74 Å². The van der Waals surface area contributed by atoms with Gasteiger partial charge in [0.25, 0.3) is 0 Å². The van der Waals surface area contributed by atoms with Crippen molar-refractivity contribution >= 4 is 5.97 Å². The maximum atomic E-state index is 12.0. The number of allylic oxidation sites excluding steroid dienone is 5. The third kappa shape index (κ3) is 26.0. The Morgan fingerprint density at radius 3 is 1.11 bits per heavy atom. The van der Waals surface area contributed by atoms with Crippen molar-refractivity contribution in [1.29, 1.82) is 0 Å². The zero-order chi connectivity index (χ0) is 31.6. The molecular weight excluding hydrogens is 536 g/mol. The summed E-state index contributed by atoms with van der Waals surface area (Å²) in [5, 5.41) is 0. The zero-order valence-electron chi connectivity index (χ0n) is 29.9. The van der Waals surface area contributed by atoms with Crippen LogP contribution < -0.4 is 0 Å². The monoisotopic (exact) mass is 613 g/mol. The van der Waals surface area contributed by atoms with Crippen LogP contribution in [-0.2, 0) is 9.53 Å². The maximum Gasteiger partial charge on any atom is 0.321 e. The second-order valence-corrected chi connectivity index (χ2v) is 13.7. The minimum atomic E-state index is 0.0174. The first-order valence-corrected chi connectivity index (χ1v) is 20.0. The van der Waals surface area contributed by atoms with Crippen LogP contribution in [0.1, 0.15) is 219 Å². The van der Waals surface area contributed by atoms with Gasteiger partial charge in [-0.2, -0.15) is 0 Å². The Morgan fingerprint density at radius 2 is 0.750 bits per heavy atom. The molecule has 44 heavy (non-hydrogen) atoms. The standard InChI is InChI=1S/C42H76O2/c1-3-5-7-9-11-13-15-17-19-21-23-25-27-29-31-33-35-37-39-41-40(42(43)44-41)38-36-34-32-30-28-26-24-22-20-18-16-14-12-10-8-6-4-2/h7-10,39-40H,3-6,11-38H2,1-2H3/b9-7+,10-8+,41-39+. The fourth-order valence-corrected chi connectivity index (χ4v) is 6.36. The molecule has 0 aromatic rings. The molecule has 0 bridgehead atoms. The number of rotatable bonds is 34. The summed E-state index contributed by atoms with van der Waals surface area (Å²) in [6.07, 6.45) is 54.3. The van der Waals surface area contributed by atoms with E-state index in [9.17, 15) is 4.79 Å². The average Bonchev–Trinajstić information content (AvgIpc) is 3.03. The zero-order valence-corrected chi connectivity index (χ0v) is 29.9. The van der Waals surface area contributed by atoms with Crippen LogP contribution in [0.3, 0.4) is 0 Å². The lowest BCUT2D eigenvalue weighted by Crippen LogP contribution is -2.32. The lowest BCUT2D eigenvalue weighted by Gasteiger charge is -2.28. The van der Waals surface area contributed by atoms with Crippen molar-refractivity contribution in [3.63, 3.8) is 0 Å². The fraction of sp³-hybridized carbons (Fsp3) is 0.833. The number of ether oxygens (including phenoxy) is 1. The maximum absolute atomic E-state index is 12.0. The molecule has 1 heterocycles. The quantitative estimate of drug-likeness (QED) is 0.0410. The predicted molar refractivity (Wildman–Crippen MR) is 195 cm³/mol. The van der Waals surface area contributed by atoms with Gasteiger partial charge in [-0.1, -0.05) is 186 Å². The molecule has 0 aromatic heterocycles. The number of cyclic esters (lactones) is 1. The SMILES string of the molecule is CCC/C=C/CCCCCCCCCCCCCC/C=C1/OC(=O)C1CCCCCCCCCCCCCC/C=C/CCC. The van der Waals surface area contributed by atoms with E-state index in [1.165, 1.54) is 193 Å². The largest absolute Gasteiger partial charge is 0.430 e. The molecule has 1 aliphatic rings. The van der Waals surface area contributed by atoms with E-state index in [2.05, 4.69) is 44.2 Å². The molecular formula is C42H76O2. The second kappa shape index (κ2) is 33.1. The molecule has 1 rings (SSSR count). The molecule has 0 spiro atoms. The molecule has 1 atom stereocenters. The summed E-state index contributed by atoms with van der Waals surface area (Å²) >= 11 is 0. The van der Waals surface area contributed by atoms with Gasteiger partial charge in [-0.3, -0.25) is 4.79 Å². The Labute approximate surface area is 276 Å². The number of hydrogen-bond acceptors (Lipinski definition) is 2. The number of carbonyl (C=O) groups is 1. The van der Waals surface area contributed by atoms with Gasteiger partial charge in [-0.05, 0) is 63.9 Å². The van der Waals surface area contributed by atoms with Gasteiger partial charge in [0.2, 0.25) is 0 Å². The molecule has 0 radical (unpaired) electrons. The average molecular weight is 613 g/mol. The van der Waals surface area contributed by atoms with E-state index in [1.807, 2.05) is 0 Å². The Morgan fingerprint density at radius 1 is 0.432 bits per heavy atom. The van der Waals surface area contributed by atoms with Gasteiger partial charge in [-0.15, -0.1) is 0 Å². The first-order valence-electron chi connectivity index (χ1n) is 20.0. The lowest BCUT2D eigenvalue weighted by atomic mass is 9.93. The molecule has 1 aliphatic heterocycles. The van der Waals surface area contributed by atoms with Crippen LogP contribution >= 0.6 is 0 Å². The Balaban J connectivity index is 1.83. The summed E-state index contributed by atoms with van der Waals surface area (Å²) in [6, 6.07) is 0. The van der Waals surface area contributed by atoms with Crippen molar-refractivity contribution in [3.8, 4) is 0 Å². The summed E-state index contributed by atoms with van der Waals surface area (Å²) < 4.78 is 5.38. The highest BCUT2D eigenvalue weighted by molar-refractivity contribution is 5.82. The summed E-state index contributed by atoms with van der Waals surface area (Å²) in [5.74, 6) is 1.07. The van der Waals surface area contributed by atoms with E-state index in [-0.39, 0.29) is 11.9 Å². The third-order valence-corrected chi connectivity index (χ3v) is 9.37. The van der Waals surface area contributed by atoms with Crippen molar-refractivity contribution in [3.05, 3.63) is 36.1 Å². The summed E-state index contributed by atoms with van der Waals surface area (Å²) in [5.41, 5.74) is 0.